The van der Waals surface area contributed by atoms with Gasteiger partial charge >= 0.3 is 11.4 Å². The summed E-state index contributed by atoms with van der Waals surface area (Å²) in [5.74, 6) is -0.448. The molecule has 4 aromatic heterocycles. The van der Waals surface area contributed by atoms with Crippen LogP contribution in [0.1, 0.15) is 115 Å². The van der Waals surface area contributed by atoms with Crippen LogP contribution in [0.3, 0.4) is 0 Å². The Morgan fingerprint density at radius 3 is 2.30 bits per heavy atom. The lowest BCUT2D eigenvalue weighted by atomic mass is 9.91. The molecule has 3 aromatic carbocycles. The van der Waals surface area contributed by atoms with Crippen molar-refractivity contribution < 1.29 is 31.8 Å². The highest BCUT2D eigenvalue weighted by Gasteiger charge is 2.59. The number of aromatic nitrogens is 7. The van der Waals surface area contributed by atoms with E-state index in [9.17, 15) is 22.9 Å². The molecular weight excluding hydrogens is 885 g/mol. The van der Waals surface area contributed by atoms with Crippen LogP contribution in [0.25, 0.3) is 28.1 Å². The van der Waals surface area contributed by atoms with Gasteiger partial charge in [-0.15, -0.1) is 0 Å². The van der Waals surface area contributed by atoms with E-state index >= 15 is 9.18 Å². The fourth-order valence-electron chi connectivity index (χ4n) is 10.8. The summed E-state index contributed by atoms with van der Waals surface area (Å²) in [7, 11) is -3.11. The van der Waals surface area contributed by atoms with Crippen molar-refractivity contribution >= 4 is 29.3 Å². The van der Waals surface area contributed by atoms with Crippen LogP contribution in [0.15, 0.2) is 81.1 Å². The quantitative estimate of drug-likeness (QED) is 0.127. The third-order valence-corrected chi connectivity index (χ3v) is 18.0. The normalized spacial score (nSPS) is 20.0. The lowest BCUT2D eigenvalue weighted by Gasteiger charge is -2.34. The van der Waals surface area contributed by atoms with Crippen LogP contribution in [0.4, 0.5) is 13.2 Å². The number of hydrogen-bond acceptors (Lipinski definition) is 8. The Balaban J connectivity index is 1.12. The van der Waals surface area contributed by atoms with Crippen molar-refractivity contribution in [3.8, 4) is 17.2 Å². The standard InChI is InChI=1S/C49H52F3N8O6P/c1-7-67(64,8-2)40-12-10-34(25-36(40)43(51)52)57-17-18-58(48(57)63)44-41-30(6)56(16-13-37(41)54-60(44)35-21-27(3)42(50)28(4)22-35)45(61)39-24-33-23-32(31-14-19-65-20-15-31)9-11-38(33)59(39)49(26-29(49)5)46-53-47(62)66-55-46/h9-12,17-18,21-25,29-31,43H,7-8,13-16,19-20,26H2,1-6H3,(H,53,55,62)/t29-,30-,49-/m0/s1. The van der Waals surface area contributed by atoms with E-state index in [0.29, 0.717) is 77.4 Å². The van der Waals surface area contributed by atoms with Gasteiger partial charge in [-0.25, -0.2) is 27.4 Å². The zero-order valence-corrected chi connectivity index (χ0v) is 39.1. The van der Waals surface area contributed by atoms with E-state index in [1.54, 1.807) is 49.4 Å². The van der Waals surface area contributed by atoms with Gasteiger partial charge in [-0.2, -0.15) is 5.10 Å². The topological polar surface area (TPSA) is 155 Å². The largest absolute Gasteiger partial charge is 0.438 e. The van der Waals surface area contributed by atoms with E-state index in [2.05, 4.69) is 22.3 Å². The van der Waals surface area contributed by atoms with Gasteiger partial charge in [0.1, 0.15) is 30.0 Å². The number of fused-ring (bicyclic) bond motifs is 2. The summed E-state index contributed by atoms with van der Waals surface area (Å²) in [6, 6.07) is 15.0. The number of amides is 1. The van der Waals surface area contributed by atoms with Crippen LogP contribution in [-0.2, 0) is 21.3 Å². The first-order chi connectivity index (χ1) is 32.1. The summed E-state index contributed by atoms with van der Waals surface area (Å²) in [6.45, 7) is 12.3. The Morgan fingerprint density at radius 1 is 0.955 bits per heavy atom. The minimum atomic E-state index is -3.11. The minimum Gasteiger partial charge on any atom is -0.381 e. The number of alkyl halides is 2. The van der Waals surface area contributed by atoms with E-state index in [-0.39, 0.29) is 53.1 Å². The molecule has 3 aliphatic rings. The highest BCUT2D eigenvalue weighted by Crippen LogP contribution is 2.56. The number of H-pyrrole nitrogens is 1. The van der Waals surface area contributed by atoms with Crippen LogP contribution < -0.4 is 16.8 Å². The number of halogens is 3. The Hall–Kier alpha value is -6.19. The number of carbonyl (C=O) groups excluding carboxylic acids is 1. The number of carbonyl (C=O) groups is 1. The molecule has 7 aromatic rings. The van der Waals surface area contributed by atoms with Gasteiger partial charge in [0.2, 0.25) is 0 Å². The van der Waals surface area contributed by atoms with Crippen molar-refractivity contribution in [1.82, 2.24) is 38.5 Å². The van der Waals surface area contributed by atoms with E-state index in [0.717, 1.165) is 29.3 Å². The summed E-state index contributed by atoms with van der Waals surface area (Å²) in [6.07, 6.45) is 3.17. The molecule has 1 saturated carbocycles. The third kappa shape index (κ3) is 7.10. The summed E-state index contributed by atoms with van der Waals surface area (Å²) in [4.78, 5) is 47.2. The summed E-state index contributed by atoms with van der Waals surface area (Å²) < 4.78 is 75.1. The second-order valence-corrected chi connectivity index (χ2v) is 21.9. The number of nitrogens with zero attached hydrogens (tertiary/aromatic N) is 7. The van der Waals surface area contributed by atoms with Crippen molar-refractivity contribution in [2.75, 3.05) is 32.1 Å². The number of rotatable bonds is 11. The molecule has 1 aliphatic carbocycles. The molecule has 1 amide bonds. The predicted octanol–water partition coefficient (Wildman–Crippen LogP) is 8.60. The number of ether oxygens (including phenoxy) is 1. The molecule has 0 unspecified atom stereocenters. The monoisotopic (exact) mass is 936 g/mol. The average Bonchev–Trinajstić information content (AvgIpc) is 3.82. The van der Waals surface area contributed by atoms with Crippen molar-refractivity contribution in [2.24, 2.45) is 5.92 Å². The molecule has 14 nitrogen and oxygen atoms in total. The fraction of sp³-hybridized carbons (Fsp3) is 0.408. The number of benzene rings is 3. The Kier molecular flexibility index (Phi) is 11.0. The number of nitrogens with one attached hydrogen (secondary N) is 1. The smallest absolute Gasteiger partial charge is 0.381 e. The Morgan fingerprint density at radius 2 is 1.66 bits per heavy atom. The van der Waals surface area contributed by atoms with E-state index in [1.165, 1.54) is 39.7 Å². The van der Waals surface area contributed by atoms with E-state index < -0.39 is 36.6 Å². The molecule has 0 bridgehead atoms. The van der Waals surface area contributed by atoms with Gasteiger partial charge in [0.05, 0.1) is 23.1 Å². The number of imidazole rings is 1. The predicted molar refractivity (Wildman–Crippen MR) is 247 cm³/mol. The summed E-state index contributed by atoms with van der Waals surface area (Å²) >= 11 is 0. The first kappa shape index (κ1) is 44.6. The van der Waals surface area contributed by atoms with Gasteiger partial charge in [-0.1, -0.05) is 32.0 Å². The van der Waals surface area contributed by atoms with Crippen LogP contribution in [0, 0.1) is 25.6 Å². The molecule has 18 heteroatoms. The Labute approximate surface area is 383 Å². The van der Waals surface area contributed by atoms with Gasteiger partial charge in [0, 0.05) is 78.2 Å². The second kappa shape index (κ2) is 16.5. The molecule has 6 heterocycles. The second-order valence-electron chi connectivity index (χ2n) is 18.3. The molecule has 67 heavy (non-hydrogen) atoms. The highest BCUT2D eigenvalue weighted by atomic mass is 31.2. The van der Waals surface area contributed by atoms with Gasteiger partial charge < -0.3 is 18.8 Å². The van der Waals surface area contributed by atoms with Crippen LogP contribution in [-0.4, -0.2) is 76.5 Å². The maximum atomic E-state index is 15.5. The third-order valence-electron chi connectivity index (χ3n) is 14.6. The first-order valence-corrected chi connectivity index (χ1v) is 25.0. The molecule has 2 aliphatic heterocycles. The molecule has 1 saturated heterocycles. The van der Waals surface area contributed by atoms with Gasteiger partial charge in [0.25, 0.3) is 12.3 Å². The van der Waals surface area contributed by atoms with Crippen molar-refractivity contribution in [1.29, 1.82) is 0 Å². The molecule has 3 atom stereocenters. The lowest BCUT2D eigenvalue weighted by molar-refractivity contribution is 0.0663. The Bertz CT molecular complexity index is 3250. The van der Waals surface area contributed by atoms with Crippen molar-refractivity contribution in [3.05, 3.63) is 139 Å². The molecule has 0 spiro atoms. The summed E-state index contributed by atoms with van der Waals surface area (Å²) in [5.41, 5.74) is 3.05. The maximum absolute atomic E-state index is 15.5. The number of hydrogen-bond donors (Lipinski definition) is 1. The van der Waals surface area contributed by atoms with Gasteiger partial charge in [0.15, 0.2) is 5.82 Å². The zero-order valence-electron chi connectivity index (χ0n) is 38.2. The number of aromatic amines is 1. The summed E-state index contributed by atoms with van der Waals surface area (Å²) in [5, 5.41) is 10.2. The molecule has 2 fully saturated rings. The van der Waals surface area contributed by atoms with Crippen LogP contribution in [0.2, 0.25) is 0 Å². The average molecular weight is 937 g/mol. The van der Waals surface area contributed by atoms with Crippen molar-refractivity contribution in [3.63, 3.8) is 0 Å². The lowest BCUT2D eigenvalue weighted by Crippen LogP contribution is -2.41. The first-order valence-electron chi connectivity index (χ1n) is 22.9. The highest BCUT2D eigenvalue weighted by molar-refractivity contribution is 7.71. The SMILES string of the molecule is CCP(=O)(CC)c1ccc(-n2ccn(-c3c4c(nn3-c3cc(C)c(F)c(C)c3)CCN(C(=O)c3cc5cc(C6CCOCC6)ccc5n3[C@@]3(c5noc(=O)[nH]5)C[C@@H]3C)[C@H]4C)c2=O)cc1C(F)F. The molecule has 0 radical (unpaired) electrons. The van der Waals surface area contributed by atoms with E-state index in [4.69, 9.17) is 14.4 Å². The molecular formula is C49H52F3N8O6P. The van der Waals surface area contributed by atoms with Crippen LogP contribution in [0.5, 0.6) is 0 Å². The minimum absolute atomic E-state index is 0.0184. The maximum Gasteiger partial charge on any atom is 0.438 e. The zero-order chi connectivity index (χ0) is 47.3. The molecule has 1 N–H and O–H groups in total. The van der Waals surface area contributed by atoms with Gasteiger partial charge in [-0.05, 0) is 117 Å². The number of aryl methyl sites for hydroxylation is 2. The van der Waals surface area contributed by atoms with Gasteiger partial charge in [-0.3, -0.25) is 23.4 Å². The molecule has 10 rings (SSSR count). The van der Waals surface area contributed by atoms with Crippen molar-refractivity contribution in [2.45, 2.75) is 91.1 Å². The fourth-order valence-corrected chi connectivity index (χ4v) is 12.9. The van der Waals surface area contributed by atoms with E-state index in [1.807, 2.05) is 30.5 Å². The van der Waals surface area contributed by atoms with Crippen LogP contribution >= 0.6 is 7.14 Å². The molecule has 350 valence electrons.